The Kier molecular flexibility index (Phi) is 4.15. The highest BCUT2D eigenvalue weighted by molar-refractivity contribution is 5.02. The maximum atomic E-state index is 10.2. The summed E-state index contributed by atoms with van der Waals surface area (Å²) >= 11 is 0. The third kappa shape index (κ3) is 2.52. The van der Waals surface area contributed by atoms with Gasteiger partial charge in [-0.3, -0.25) is 0 Å². The van der Waals surface area contributed by atoms with Crippen molar-refractivity contribution in [3.8, 4) is 0 Å². The van der Waals surface area contributed by atoms with Gasteiger partial charge in [0.2, 0.25) is 0 Å². The Morgan fingerprint density at radius 3 is 2.47 bits per heavy atom. The molecule has 1 aliphatic heterocycles. The predicted octanol–water partition coefficient (Wildman–Crippen LogP) is 1.55. The van der Waals surface area contributed by atoms with Crippen LogP contribution in [0.25, 0.3) is 0 Å². The van der Waals surface area contributed by atoms with Crippen molar-refractivity contribution in [3.63, 3.8) is 0 Å². The van der Waals surface area contributed by atoms with Crippen molar-refractivity contribution in [1.29, 1.82) is 0 Å². The zero-order chi connectivity index (χ0) is 11.6. The zero-order valence-corrected chi connectivity index (χ0v) is 10.6. The number of nitrogens with one attached hydrogen (secondary N) is 1. The van der Waals surface area contributed by atoms with E-state index >= 15 is 0 Å². The standard InChI is InChI=1S/C12H25NO2/c1-6-12(4)11(14)10(13-5)9(15-12)7-8(2)3/h8-11,13-14H,6-7H2,1-5H3/t9-,10?,11?,12-/m1/s1. The summed E-state index contributed by atoms with van der Waals surface area (Å²) in [6, 6.07) is 0.0670. The highest BCUT2D eigenvalue weighted by Crippen LogP contribution is 2.35. The Morgan fingerprint density at radius 1 is 1.47 bits per heavy atom. The Labute approximate surface area is 93.2 Å². The van der Waals surface area contributed by atoms with E-state index in [-0.39, 0.29) is 17.7 Å². The maximum Gasteiger partial charge on any atom is 0.100 e. The van der Waals surface area contributed by atoms with Crippen LogP contribution in [0.1, 0.15) is 40.5 Å². The first-order chi connectivity index (χ1) is 6.94. The minimum atomic E-state index is -0.406. The fourth-order valence-electron chi connectivity index (χ4n) is 2.37. The summed E-state index contributed by atoms with van der Waals surface area (Å²) in [5, 5.41) is 13.4. The van der Waals surface area contributed by atoms with Crippen molar-refractivity contribution in [2.45, 2.75) is 64.4 Å². The van der Waals surface area contributed by atoms with Crippen molar-refractivity contribution in [3.05, 3.63) is 0 Å². The second-order valence-corrected chi connectivity index (χ2v) is 5.21. The number of hydrogen-bond acceptors (Lipinski definition) is 3. The summed E-state index contributed by atoms with van der Waals surface area (Å²) in [4.78, 5) is 0. The van der Waals surface area contributed by atoms with Gasteiger partial charge in [0.05, 0.1) is 17.7 Å². The molecule has 2 N–H and O–H groups in total. The Bertz CT molecular complexity index is 208. The fraction of sp³-hybridized carbons (Fsp3) is 1.00. The molecule has 3 heteroatoms. The molecule has 0 amide bonds. The van der Waals surface area contributed by atoms with Crippen molar-refractivity contribution in [2.75, 3.05) is 7.05 Å². The smallest absolute Gasteiger partial charge is 0.100 e. The molecular weight excluding hydrogens is 190 g/mol. The van der Waals surface area contributed by atoms with E-state index < -0.39 is 6.10 Å². The lowest BCUT2D eigenvalue weighted by Crippen LogP contribution is -2.46. The van der Waals surface area contributed by atoms with Crippen LogP contribution in [0.2, 0.25) is 0 Å². The molecule has 0 radical (unpaired) electrons. The molecule has 2 unspecified atom stereocenters. The van der Waals surface area contributed by atoms with Crippen LogP contribution in [-0.2, 0) is 4.74 Å². The zero-order valence-electron chi connectivity index (χ0n) is 10.6. The average molecular weight is 215 g/mol. The first-order valence-electron chi connectivity index (χ1n) is 5.97. The lowest BCUT2D eigenvalue weighted by molar-refractivity contribution is -0.0753. The highest BCUT2D eigenvalue weighted by atomic mass is 16.5. The van der Waals surface area contributed by atoms with Crippen LogP contribution >= 0.6 is 0 Å². The quantitative estimate of drug-likeness (QED) is 0.747. The molecule has 0 saturated carbocycles. The summed E-state index contributed by atoms with van der Waals surface area (Å²) in [5.41, 5.74) is -0.382. The molecule has 15 heavy (non-hydrogen) atoms. The van der Waals surface area contributed by atoms with Gasteiger partial charge in [-0.2, -0.15) is 0 Å². The molecule has 1 fully saturated rings. The van der Waals surface area contributed by atoms with Gasteiger partial charge in [0.15, 0.2) is 0 Å². The van der Waals surface area contributed by atoms with E-state index in [0.717, 1.165) is 12.8 Å². The van der Waals surface area contributed by atoms with Gasteiger partial charge >= 0.3 is 0 Å². The third-order valence-electron chi connectivity index (χ3n) is 3.53. The summed E-state index contributed by atoms with van der Waals surface area (Å²) < 4.78 is 6.01. The first-order valence-corrected chi connectivity index (χ1v) is 5.97. The van der Waals surface area contributed by atoms with Crippen molar-refractivity contribution in [2.24, 2.45) is 5.92 Å². The number of ether oxygens (including phenoxy) is 1. The fourth-order valence-corrected chi connectivity index (χ4v) is 2.37. The molecule has 4 atom stereocenters. The lowest BCUT2D eigenvalue weighted by Gasteiger charge is -2.26. The summed E-state index contributed by atoms with van der Waals surface area (Å²) in [6.45, 7) is 8.43. The van der Waals surface area contributed by atoms with E-state index in [4.69, 9.17) is 4.74 Å². The van der Waals surface area contributed by atoms with Crippen LogP contribution in [0, 0.1) is 5.92 Å². The van der Waals surface area contributed by atoms with Gasteiger partial charge in [0.1, 0.15) is 6.10 Å². The van der Waals surface area contributed by atoms with E-state index in [1.807, 2.05) is 14.0 Å². The van der Waals surface area contributed by atoms with Crippen molar-refractivity contribution in [1.82, 2.24) is 5.32 Å². The maximum absolute atomic E-state index is 10.2. The van der Waals surface area contributed by atoms with Crippen LogP contribution in [0.4, 0.5) is 0 Å². The second kappa shape index (κ2) is 4.81. The Morgan fingerprint density at radius 2 is 2.07 bits per heavy atom. The summed E-state index contributed by atoms with van der Waals surface area (Å²) in [5.74, 6) is 0.595. The van der Waals surface area contributed by atoms with Gasteiger partial charge < -0.3 is 15.2 Å². The van der Waals surface area contributed by atoms with Gasteiger partial charge in [-0.1, -0.05) is 20.8 Å². The van der Waals surface area contributed by atoms with E-state index in [1.165, 1.54) is 0 Å². The number of aliphatic hydroxyl groups excluding tert-OH is 1. The molecule has 1 saturated heterocycles. The van der Waals surface area contributed by atoms with Gasteiger partial charge in [0, 0.05) is 0 Å². The number of aliphatic hydroxyl groups is 1. The van der Waals surface area contributed by atoms with Crippen LogP contribution in [-0.4, -0.2) is 36.0 Å². The molecular formula is C12H25NO2. The molecule has 0 spiro atoms. The molecule has 1 rings (SSSR count). The Balaban J connectivity index is 2.74. The molecule has 0 aromatic heterocycles. The summed E-state index contributed by atoms with van der Waals surface area (Å²) in [7, 11) is 1.89. The van der Waals surface area contributed by atoms with Crippen LogP contribution in [0.5, 0.6) is 0 Å². The van der Waals surface area contributed by atoms with Gasteiger partial charge in [-0.05, 0) is 32.7 Å². The normalized spacial score (nSPS) is 41.4. The van der Waals surface area contributed by atoms with Crippen molar-refractivity contribution >= 4 is 0 Å². The van der Waals surface area contributed by atoms with Crippen LogP contribution in [0.3, 0.4) is 0 Å². The lowest BCUT2D eigenvalue weighted by atomic mass is 9.91. The average Bonchev–Trinajstić information content (AvgIpc) is 2.39. The van der Waals surface area contributed by atoms with Crippen LogP contribution in [0.15, 0.2) is 0 Å². The molecule has 1 heterocycles. The molecule has 0 aliphatic carbocycles. The van der Waals surface area contributed by atoms with Crippen LogP contribution < -0.4 is 5.32 Å². The topological polar surface area (TPSA) is 41.5 Å². The van der Waals surface area contributed by atoms with E-state index in [2.05, 4.69) is 26.1 Å². The minimum absolute atomic E-state index is 0.0670. The Hall–Kier alpha value is -0.120. The molecule has 0 bridgehead atoms. The molecule has 90 valence electrons. The molecule has 0 aromatic rings. The van der Waals surface area contributed by atoms with E-state index in [9.17, 15) is 5.11 Å². The summed E-state index contributed by atoms with van der Waals surface area (Å²) in [6.07, 6.45) is 1.57. The molecule has 1 aliphatic rings. The van der Waals surface area contributed by atoms with Gasteiger partial charge in [-0.25, -0.2) is 0 Å². The minimum Gasteiger partial charge on any atom is -0.388 e. The highest BCUT2D eigenvalue weighted by Gasteiger charge is 2.49. The van der Waals surface area contributed by atoms with Gasteiger partial charge in [0.25, 0.3) is 0 Å². The number of hydrogen-bond donors (Lipinski definition) is 2. The number of likely N-dealkylation sites (N-methyl/N-ethyl adjacent to an activating group) is 1. The largest absolute Gasteiger partial charge is 0.388 e. The molecule has 3 nitrogen and oxygen atoms in total. The first kappa shape index (κ1) is 12.9. The van der Waals surface area contributed by atoms with E-state index in [0.29, 0.717) is 5.92 Å². The van der Waals surface area contributed by atoms with Gasteiger partial charge in [-0.15, -0.1) is 0 Å². The van der Waals surface area contributed by atoms with Crippen molar-refractivity contribution < 1.29 is 9.84 Å². The predicted molar refractivity (Wildman–Crippen MR) is 61.9 cm³/mol. The SMILES string of the molecule is CC[C@@]1(C)O[C@H](CC(C)C)C(NC)C1O. The molecule has 0 aromatic carbocycles. The van der Waals surface area contributed by atoms with E-state index in [1.54, 1.807) is 0 Å². The second-order valence-electron chi connectivity index (χ2n) is 5.21. The third-order valence-corrected chi connectivity index (χ3v) is 3.53. The number of rotatable bonds is 4. The monoisotopic (exact) mass is 215 g/mol.